The quantitative estimate of drug-likeness (QED) is 0.340. The molecule has 0 saturated heterocycles. The first-order valence-corrected chi connectivity index (χ1v) is 3.12. The number of hydrogen-bond acceptors (Lipinski definition) is 3. The van der Waals surface area contributed by atoms with Gasteiger partial charge in [-0.3, -0.25) is 0 Å². The molecule has 0 spiro atoms. The summed E-state index contributed by atoms with van der Waals surface area (Å²) in [6.45, 7) is 2.64. The lowest BCUT2D eigenvalue weighted by molar-refractivity contribution is 0.135. The Morgan fingerprint density at radius 2 is 2.33 bits per heavy atom. The van der Waals surface area contributed by atoms with Crippen LogP contribution in [0.25, 0.3) is 0 Å². The van der Waals surface area contributed by atoms with E-state index in [9.17, 15) is 0 Å². The second kappa shape index (κ2) is 7.43. The van der Waals surface area contributed by atoms with Crippen molar-refractivity contribution in [3.05, 3.63) is 0 Å². The van der Waals surface area contributed by atoms with E-state index in [1.807, 2.05) is 0 Å². The lowest BCUT2D eigenvalue weighted by Crippen LogP contribution is -1.90. The molecular weight excluding hydrogens is 118 g/mol. The van der Waals surface area contributed by atoms with E-state index in [1.165, 1.54) is 0 Å². The molecule has 54 valence electrons. The van der Waals surface area contributed by atoms with Crippen LogP contribution >= 0.6 is 0 Å². The van der Waals surface area contributed by atoms with Crippen LogP contribution < -0.4 is 0 Å². The van der Waals surface area contributed by atoms with E-state index in [4.69, 9.17) is 9.94 Å². The molecule has 0 aliphatic rings. The van der Waals surface area contributed by atoms with Gasteiger partial charge in [-0.25, -0.2) is 0 Å². The highest BCUT2D eigenvalue weighted by Crippen LogP contribution is 1.87. The molecule has 0 bridgehead atoms. The Bertz CT molecular complexity index is 73.5. The molecule has 0 saturated carbocycles. The Hall–Kier alpha value is -0.570. The summed E-state index contributed by atoms with van der Waals surface area (Å²) in [4.78, 5) is 4.74. The molecule has 0 rings (SSSR count). The molecule has 3 heteroatoms. The summed E-state index contributed by atoms with van der Waals surface area (Å²) in [5.41, 5.74) is 0. The Labute approximate surface area is 55.3 Å². The van der Waals surface area contributed by atoms with Gasteiger partial charge in [-0.2, -0.15) is 0 Å². The van der Waals surface area contributed by atoms with Gasteiger partial charge in [-0.1, -0.05) is 5.16 Å². The summed E-state index contributed by atoms with van der Waals surface area (Å²) >= 11 is 0. The summed E-state index contributed by atoms with van der Waals surface area (Å²) in [7, 11) is 0. The van der Waals surface area contributed by atoms with Crippen LogP contribution in [-0.2, 0) is 4.84 Å². The molecule has 0 fully saturated rings. The largest absolute Gasteiger partial charge is 0.396 e. The molecule has 0 aromatic carbocycles. The first-order valence-electron chi connectivity index (χ1n) is 3.12. The van der Waals surface area contributed by atoms with Crippen LogP contribution in [0, 0.1) is 0 Å². The number of aliphatic hydroxyl groups is 1. The predicted octanol–water partition coefficient (Wildman–Crippen LogP) is 0.781. The smallest absolute Gasteiger partial charge is 0.117 e. The van der Waals surface area contributed by atoms with Gasteiger partial charge in [-0.05, 0) is 19.8 Å². The van der Waals surface area contributed by atoms with Gasteiger partial charge in [0.15, 0.2) is 0 Å². The first kappa shape index (κ1) is 8.43. The normalized spacial score (nSPS) is 10.4. The van der Waals surface area contributed by atoms with E-state index in [-0.39, 0.29) is 6.61 Å². The van der Waals surface area contributed by atoms with Crippen molar-refractivity contribution >= 4 is 6.21 Å². The van der Waals surface area contributed by atoms with Crippen LogP contribution in [0.3, 0.4) is 0 Å². The molecule has 1 N–H and O–H groups in total. The van der Waals surface area contributed by atoms with Crippen LogP contribution in [0.4, 0.5) is 0 Å². The minimum atomic E-state index is 0.235. The molecule has 0 aliphatic heterocycles. The third kappa shape index (κ3) is 7.43. The van der Waals surface area contributed by atoms with Crippen LogP contribution in [0.2, 0.25) is 0 Å². The number of oxime groups is 1. The Balaban J connectivity index is 2.75. The molecule has 9 heavy (non-hydrogen) atoms. The average molecular weight is 131 g/mol. The summed E-state index contributed by atoms with van der Waals surface area (Å²) in [6, 6.07) is 0. The van der Waals surface area contributed by atoms with Crippen molar-refractivity contribution in [2.45, 2.75) is 19.8 Å². The molecule has 0 aromatic rings. The predicted molar refractivity (Wildman–Crippen MR) is 36.4 cm³/mol. The summed E-state index contributed by atoms with van der Waals surface area (Å²) in [5.74, 6) is 0. The van der Waals surface area contributed by atoms with Crippen LogP contribution in [0.1, 0.15) is 19.8 Å². The zero-order valence-corrected chi connectivity index (χ0v) is 5.71. The van der Waals surface area contributed by atoms with E-state index in [0.717, 1.165) is 12.8 Å². The zero-order valence-electron chi connectivity index (χ0n) is 5.71. The van der Waals surface area contributed by atoms with Crippen molar-refractivity contribution in [2.75, 3.05) is 13.2 Å². The van der Waals surface area contributed by atoms with E-state index in [0.29, 0.717) is 6.61 Å². The number of hydrogen-bond donors (Lipinski definition) is 1. The van der Waals surface area contributed by atoms with Crippen LogP contribution in [0.15, 0.2) is 5.16 Å². The van der Waals surface area contributed by atoms with Crippen molar-refractivity contribution in [3.63, 3.8) is 0 Å². The van der Waals surface area contributed by atoms with Gasteiger partial charge in [-0.15, -0.1) is 0 Å². The van der Waals surface area contributed by atoms with E-state index < -0.39 is 0 Å². The van der Waals surface area contributed by atoms with E-state index in [2.05, 4.69) is 5.16 Å². The Morgan fingerprint density at radius 1 is 1.56 bits per heavy atom. The second-order valence-corrected chi connectivity index (χ2v) is 1.63. The molecule has 0 radical (unpaired) electrons. The fourth-order valence-electron chi connectivity index (χ4n) is 0.406. The van der Waals surface area contributed by atoms with E-state index >= 15 is 0 Å². The van der Waals surface area contributed by atoms with Crippen LogP contribution in [0.5, 0.6) is 0 Å². The maximum absolute atomic E-state index is 8.33. The van der Waals surface area contributed by atoms with Crippen molar-refractivity contribution in [3.8, 4) is 0 Å². The molecule has 0 atom stereocenters. The highest BCUT2D eigenvalue weighted by molar-refractivity contribution is 5.52. The Morgan fingerprint density at radius 3 is 2.89 bits per heavy atom. The molecule has 3 nitrogen and oxygen atoms in total. The van der Waals surface area contributed by atoms with Gasteiger partial charge in [0.05, 0.1) is 0 Å². The standard InChI is InChI=1S/C6H13NO2/c1-2-7-9-6-4-3-5-8/h2,8H,3-6H2,1H3. The van der Waals surface area contributed by atoms with Gasteiger partial charge in [0.25, 0.3) is 0 Å². The van der Waals surface area contributed by atoms with Gasteiger partial charge in [0.2, 0.25) is 0 Å². The molecule has 0 aliphatic carbocycles. The number of aliphatic hydroxyl groups excluding tert-OH is 1. The highest BCUT2D eigenvalue weighted by atomic mass is 16.6. The van der Waals surface area contributed by atoms with Gasteiger partial charge in [0, 0.05) is 12.8 Å². The fourth-order valence-corrected chi connectivity index (χ4v) is 0.406. The van der Waals surface area contributed by atoms with Gasteiger partial charge < -0.3 is 9.94 Å². The van der Waals surface area contributed by atoms with Crippen molar-refractivity contribution in [2.24, 2.45) is 5.16 Å². The van der Waals surface area contributed by atoms with Crippen LogP contribution in [-0.4, -0.2) is 24.5 Å². The third-order valence-corrected chi connectivity index (χ3v) is 0.824. The lowest BCUT2D eigenvalue weighted by atomic mass is 10.3. The Kier molecular flexibility index (Phi) is 6.96. The summed E-state index contributed by atoms with van der Waals surface area (Å²) < 4.78 is 0. The summed E-state index contributed by atoms with van der Waals surface area (Å²) in [5, 5.41) is 11.9. The van der Waals surface area contributed by atoms with Crippen molar-refractivity contribution in [1.82, 2.24) is 0 Å². The van der Waals surface area contributed by atoms with E-state index in [1.54, 1.807) is 13.1 Å². The highest BCUT2D eigenvalue weighted by Gasteiger charge is 1.83. The van der Waals surface area contributed by atoms with Crippen molar-refractivity contribution < 1.29 is 9.94 Å². The maximum Gasteiger partial charge on any atom is 0.117 e. The number of rotatable bonds is 5. The van der Waals surface area contributed by atoms with Gasteiger partial charge >= 0.3 is 0 Å². The second-order valence-electron chi connectivity index (χ2n) is 1.63. The fraction of sp³-hybridized carbons (Fsp3) is 0.833. The average Bonchev–Trinajstić information content (AvgIpc) is 1.89. The maximum atomic E-state index is 8.33. The minimum absolute atomic E-state index is 0.235. The molecule has 0 heterocycles. The summed E-state index contributed by atoms with van der Waals surface area (Å²) in [6.07, 6.45) is 3.26. The lowest BCUT2D eigenvalue weighted by Gasteiger charge is -1.94. The topological polar surface area (TPSA) is 41.8 Å². The molecule has 0 unspecified atom stereocenters. The molecule has 0 aromatic heterocycles. The SMILES string of the molecule is CC=NOCCCCO. The first-order chi connectivity index (χ1) is 4.41. The van der Waals surface area contributed by atoms with Gasteiger partial charge in [0.1, 0.15) is 6.61 Å². The monoisotopic (exact) mass is 131 g/mol. The minimum Gasteiger partial charge on any atom is -0.396 e. The third-order valence-electron chi connectivity index (χ3n) is 0.824. The number of unbranched alkanes of at least 4 members (excludes halogenated alkanes) is 1. The molecule has 0 amide bonds. The number of nitrogens with zero attached hydrogens (tertiary/aromatic N) is 1. The zero-order chi connectivity index (χ0) is 6.95. The van der Waals surface area contributed by atoms with Crippen molar-refractivity contribution in [1.29, 1.82) is 0 Å². The molecular formula is C6H13NO2.